The van der Waals surface area contributed by atoms with Crippen LogP contribution in [0.3, 0.4) is 0 Å². The second kappa shape index (κ2) is 5.60. The van der Waals surface area contributed by atoms with Crippen LogP contribution in [-0.4, -0.2) is 26.8 Å². The van der Waals surface area contributed by atoms with Crippen LogP contribution in [0.2, 0.25) is 0 Å². The van der Waals surface area contributed by atoms with Crippen LogP contribution in [0.15, 0.2) is 36.5 Å². The van der Waals surface area contributed by atoms with Gasteiger partial charge in [0.1, 0.15) is 11.9 Å². The number of carbonyl (C=O) groups excluding carboxylic acids is 1. The van der Waals surface area contributed by atoms with Crippen molar-refractivity contribution in [2.75, 3.05) is 0 Å². The fourth-order valence-electron chi connectivity index (χ4n) is 3.58. The van der Waals surface area contributed by atoms with Crippen molar-refractivity contribution in [3.05, 3.63) is 42.1 Å². The number of nitrogens with one attached hydrogen (secondary N) is 1. The number of hydrogen-bond donors (Lipinski definition) is 2. The van der Waals surface area contributed by atoms with Crippen LogP contribution in [-0.2, 0) is 4.79 Å². The predicted octanol–water partition coefficient (Wildman–Crippen LogP) is 3.08. The number of fused-ring (bicyclic) bond motifs is 3. The van der Waals surface area contributed by atoms with E-state index in [0.29, 0.717) is 18.8 Å². The molecule has 4 rings (SSSR count). The third kappa shape index (κ3) is 2.27. The molecule has 3 heterocycles. The van der Waals surface area contributed by atoms with Crippen molar-refractivity contribution in [1.82, 2.24) is 14.9 Å². The highest BCUT2D eigenvalue weighted by atomic mass is 16.3. The molecule has 2 aromatic heterocycles. The summed E-state index contributed by atoms with van der Waals surface area (Å²) in [5.74, 6) is 0.304. The molecule has 124 valence electrons. The van der Waals surface area contributed by atoms with E-state index in [0.717, 1.165) is 21.9 Å². The first-order valence-corrected chi connectivity index (χ1v) is 8.42. The topological polar surface area (TPSA) is 67.2 Å². The molecular formula is C19H21N3O2. The number of amides is 1. The van der Waals surface area contributed by atoms with Crippen LogP contribution < -0.4 is 5.32 Å². The molecule has 1 aliphatic rings. The van der Waals surface area contributed by atoms with Crippen molar-refractivity contribution in [2.24, 2.45) is 0 Å². The molecule has 0 spiro atoms. The second-order valence-electron chi connectivity index (χ2n) is 6.80. The lowest BCUT2D eigenvalue weighted by atomic mass is 10.0. The molecule has 1 amide bonds. The van der Waals surface area contributed by atoms with E-state index in [1.807, 2.05) is 18.3 Å². The van der Waals surface area contributed by atoms with E-state index in [9.17, 15) is 9.90 Å². The van der Waals surface area contributed by atoms with Gasteiger partial charge in [0.2, 0.25) is 5.91 Å². The largest absolute Gasteiger partial charge is 0.372 e. The van der Waals surface area contributed by atoms with Crippen LogP contribution >= 0.6 is 0 Å². The fraction of sp³-hybridized carbons (Fsp3) is 0.368. The van der Waals surface area contributed by atoms with Gasteiger partial charge in [0.05, 0.1) is 11.6 Å². The van der Waals surface area contributed by atoms with Crippen LogP contribution in [0.5, 0.6) is 0 Å². The molecule has 2 atom stereocenters. The van der Waals surface area contributed by atoms with Crippen LogP contribution in [0.1, 0.15) is 44.2 Å². The molecule has 24 heavy (non-hydrogen) atoms. The number of benzene rings is 1. The molecule has 2 unspecified atom stereocenters. The van der Waals surface area contributed by atoms with Crippen LogP contribution in [0.4, 0.5) is 0 Å². The number of aliphatic hydroxyl groups excluding tert-OH is 1. The SMILES string of the molecule is CC(C)c1cnc2c(c1)c1ccccc1n2C1CCC(=O)NC1O. The highest BCUT2D eigenvalue weighted by Crippen LogP contribution is 2.35. The Labute approximate surface area is 140 Å². The van der Waals surface area contributed by atoms with Gasteiger partial charge < -0.3 is 15.0 Å². The highest BCUT2D eigenvalue weighted by Gasteiger charge is 2.31. The lowest BCUT2D eigenvalue weighted by molar-refractivity contribution is -0.128. The molecular weight excluding hydrogens is 302 g/mol. The summed E-state index contributed by atoms with van der Waals surface area (Å²) in [5.41, 5.74) is 3.10. The number of rotatable bonds is 2. The van der Waals surface area contributed by atoms with Crippen molar-refractivity contribution in [2.45, 2.75) is 44.9 Å². The average molecular weight is 323 g/mol. The smallest absolute Gasteiger partial charge is 0.222 e. The Morgan fingerprint density at radius 3 is 2.83 bits per heavy atom. The maximum Gasteiger partial charge on any atom is 0.222 e. The summed E-state index contributed by atoms with van der Waals surface area (Å²) in [6, 6.07) is 10.1. The second-order valence-corrected chi connectivity index (χ2v) is 6.80. The average Bonchev–Trinajstić information content (AvgIpc) is 2.89. The molecule has 3 aromatic rings. The number of para-hydroxylation sites is 1. The fourth-order valence-corrected chi connectivity index (χ4v) is 3.58. The normalized spacial score (nSPS) is 21.6. The molecule has 0 aliphatic carbocycles. The number of nitrogens with zero attached hydrogens (tertiary/aromatic N) is 2. The van der Waals surface area contributed by atoms with Gasteiger partial charge in [0.25, 0.3) is 0 Å². The van der Waals surface area contributed by atoms with Crippen molar-refractivity contribution in [1.29, 1.82) is 0 Å². The third-order valence-corrected chi connectivity index (χ3v) is 4.91. The lowest BCUT2D eigenvalue weighted by Crippen LogP contribution is -2.45. The summed E-state index contributed by atoms with van der Waals surface area (Å²) in [6.07, 6.45) is 2.04. The minimum atomic E-state index is -0.892. The Morgan fingerprint density at radius 1 is 1.29 bits per heavy atom. The zero-order valence-electron chi connectivity index (χ0n) is 13.9. The first-order chi connectivity index (χ1) is 11.6. The lowest BCUT2D eigenvalue weighted by Gasteiger charge is -2.30. The zero-order chi connectivity index (χ0) is 16.8. The number of aliphatic hydroxyl groups is 1. The maximum absolute atomic E-state index is 11.5. The van der Waals surface area contributed by atoms with Crippen LogP contribution in [0, 0.1) is 0 Å². The predicted molar refractivity (Wildman–Crippen MR) is 93.7 cm³/mol. The van der Waals surface area contributed by atoms with Crippen molar-refractivity contribution in [3.63, 3.8) is 0 Å². The number of carbonyl (C=O) groups is 1. The molecule has 1 fully saturated rings. The van der Waals surface area contributed by atoms with Crippen molar-refractivity contribution >= 4 is 27.8 Å². The Hall–Kier alpha value is -2.40. The summed E-state index contributed by atoms with van der Waals surface area (Å²) >= 11 is 0. The van der Waals surface area contributed by atoms with E-state index in [2.05, 4.69) is 41.9 Å². The first kappa shape index (κ1) is 15.1. The molecule has 1 aliphatic heterocycles. The van der Waals surface area contributed by atoms with Crippen LogP contribution in [0.25, 0.3) is 21.9 Å². The molecule has 1 aromatic carbocycles. The van der Waals surface area contributed by atoms with E-state index in [1.54, 1.807) is 0 Å². The molecule has 0 radical (unpaired) electrons. The standard InChI is InChI=1S/C19H21N3O2/c1-11(2)12-9-14-13-5-3-4-6-15(13)22(18(14)20-10-12)16-7-8-17(23)21-19(16)24/h3-6,9-11,16,19,24H,7-8H2,1-2H3,(H,21,23). The summed E-state index contributed by atoms with van der Waals surface area (Å²) in [5, 5.41) is 15.3. The monoisotopic (exact) mass is 323 g/mol. The molecule has 0 saturated carbocycles. The van der Waals surface area contributed by atoms with E-state index in [-0.39, 0.29) is 11.9 Å². The van der Waals surface area contributed by atoms with Gasteiger partial charge >= 0.3 is 0 Å². The van der Waals surface area contributed by atoms with Gasteiger partial charge in [-0.25, -0.2) is 4.98 Å². The van der Waals surface area contributed by atoms with Gasteiger partial charge in [-0.1, -0.05) is 32.0 Å². The molecule has 5 nitrogen and oxygen atoms in total. The van der Waals surface area contributed by atoms with Gasteiger partial charge in [-0.3, -0.25) is 4.79 Å². The quantitative estimate of drug-likeness (QED) is 0.761. The molecule has 1 saturated heterocycles. The van der Waals surface area contributed by atoms with Gasteiger partial charge in [-0.15, -0.1) is 0 Å². The van der Waals surface area contributed by atoms with E-state index in [1.165, 1.54) is 5.56 Å². The minimum Gasteiger partial charge on any atom is -0.372 e. The van der Waals surface area contributed by atoms with E-state index in [4.69, 9.17) is 4.98 Å². The van der Waals surface area contributed by atoms with Gasteiger partial charge in [-0.2, -0.15) is 0 Å². The molecule has 0 bridgehead atoms. The van der Waals surface area contributed by atoms with Gasteiger partial charge in [-0.05, 0) is 30.0 Å². The van der Waals surface area contributed by atoms with Gasteiger partial charge in [0.15, 0.2) is 0 Å². The van der Waals surface area contributed by atoms with Crippen molar-refractivity contribution < 1.29 is 9.90 Å². The number of aromatic nitrogens is 2. The molecule has 2 N–H and O–H groups in total. The Kier molecular flexibility index (Phi) is 3.53. The summed E-state index contributed by atoms with van der Waals surface area (Å²) in [6.45, 7) is 4.31. The summed E-state index contributed by atoms with van der Waals surface area (Å²) in [4.78, 5) is 16.2. The Bertz CT molecular complexity index is 929. The Balaban J connectivity index is 1.98. The first-order valence-electron chi connectivity index (χ1n) is 8.42. The minimum absolute atomic E-state index is 0.102. The zero-order valence-corrected chi connectivity index (χ0v) is 13.9. The number of hydrogen-bond acceptors (Lipinski definition) is 3. The number of pyridine rings is 1. The van der Waals surface area contributed by atoms with Gasteiger partial charge in [0, 0.05) is 23.4 Å². The number of piperidine rings is 1. The maximum atomic E-state index is 11.5. The summed E-state index contributed by atoms with van der Waals surface area (Å²) < 4.78 is 2.08. The van der Waals surface area contributed by atoms with Crippen molar-refractivity contribution in [3.8, 4) is 0 Å². The Morgan fingerprint density at radius 2 is 2.08 bits per heavy atom. The molecule has 5 heteroatoms. The van der Waals surface area contributed by atoms with E-state index >= 15 is 0 Å². The summed E-state index contributed by atoms with van der Waals surface area (Å²) in [7, 11) is 0. The highest BCUT2D eigenvalue weighted by molar-refractivity contribution is 6.07. The third-order valence-electron chi connectivity index (χ3n) is 4.91. The van der Waals surface area contributed by atoms with E-state index < -0.39 is 6.23 Å².